The molecular weight excluding hydrogens is 316 g/mol. The highest BCUT2D eigenvalue weighted by molar-refractivity contribution is 5.88. The number of anilines is 1. The summed E-state index contributed by atoms with van der Waals surface area (Å²) in [5, 5.41) is 14.3. The van der Waals surface area contributed by atoms with Gasteiger partial charge in [-0.1, -0.05) is 24.3 Å². The molecule has 1 unspecified atom stereocenters. The second-order valence-corrected chi connectivity index (χ2v) is 5.67. The normalized spacial score (nSPS) is 14.3. The maximum absolute atomic E-state index is 12.1. The molecule has 3 aromatic rings. The lowest BCUT2D eigenvalue weighted by Crippen LogP contribution is -2.33. The number of amides is 2. The van der Waals surface area contributed by atoms with E-state index in [1.54, 1.807) is 18.5 Å². The molecule has 25 heavy (non-hydrogen) atoms. The number of imidazole rings is 1. The lowest BCUT2D eigenvalue weighted by Gasteiger charge is -2.16. The average molecular weight is 330 g/mol. The summed E-state index contributed by atoms with van der Waals surface area (Å²) in [6, 6.07) is 13.0. The van der Waals surface area contributed by atoms with Gasteiger partial charge in [0.1, 0.15) is 11.9 Å². The average Bonchev–Trinajstić information content (AvgIpc) is 3.22. The van der Waals surface area contributed by atoms with Crippen LogP contribution < -0.4 is 10.6 Å². The molecule has 7 heteroatoms. The lowest BCUT2D eigenvalue weighted by molar-refractivity contribution is 0.251. The summed E-state index contributed by atoms with van der Waals surface area (Å²) in [6.45, 7) is 0.433. The quantitative estimate of drug-likeness (QED) is 0.771. The Bertz CT molecular complexity index is 970. The minimum atomic E-state index is -0.344. The number of hydrogen-bond acceptors (Lipinski definition) is 4. The first kappa shape index (κ1) is 14.9. The summed E-state index contributed by atoms with van der Waals surface area (Å²) >= 11 is 0. The highest BCUT2D eigenvalue weighted by Crippen LogP contribution is 2.38. The van der Waals surface area contributed by atoms with Crippen LogP contribution in [0.1, 0.15) is 17.2 Å². The first-order valence-electron chi connectivity index (χ1n) is 7.78. The van der Waals surface area contributed by atoms with Gasteiger partial charge in [0.05, 0.1) is 29.8 Å². The maximum atomic E-state index is 12.1. The fourth-order valence-electron chi connectivity index (χ4n) is 3.02. The fraction of sp³-hybridized carbons (Fsp3) is 0.111. The number of benzene rings is 1. The van der Waals surface area contributed by atoms with Crippen LogP contribution in [0.2, 0.25) is 0 Å². The third-order valence-corrected chi connectivity index (χ3v) is 4.19. The number of pyridine rings is 1. The molecular formula is C18H14N6O. The Morgan fingerprint density at radius 3 is 2.92 bits per heavy atom. The highest BCUT2D eigenvalue weighted by atomic mass is 16.2. The van der Waals surface area contributed by atoms with Crippen molar-refractivity contribution in [1.29, 1.82) is 5.26 Å². The van der Waals surface area contributed by atoms with Crippen LogP contribution in [0.5, 0.6) is 0 Å². The van der Waals surface area contributed by atoms with Crippen LogP contribution in [0.15, 0.2) is 55.1 Å². The number of urea groups is 1. The van der Waals surface area contributed by atoms with E-state index in [-0.39, 0.29) is 12.1 Å². The molecule has 0 radical (unpaired) electrons. The second-order valence-electron chi connectivity index (χ2n) is 5.67. The highest BCUT2D eigenvalue weighted by Gasteiger charge is 2.28. The van der Waals surface area contributed by atoms with Crippen LogP contribution in [-0.4, -0.2) is 27.1 Å². The summed E-state index contributed by atoms with van der Waals surface area (Å²) in [5.41, 5.74) is 3.80. The summed E-state index contributed by atoms with van der Waals surface area (Å²) in [6.07, 6.45) is 5.03. The van der Waals surface area contributed by atoms with Gasteiger partial charge < -0.3 is 9.88 Å². The fourth-order valence-corrected chi connectivity index (χ4v) is 3.02. The smallest absolute Gasteiger partial charge is 0.320 e. The Morgan fingerprint density at radius 1 is 1.24 bits per heavy atom. The van der Waals surface area contributed by atoms with E-state index in [4.69, 9.17) is 5.26 Å². The number of aromatic nitrogens is 3. The van der Waals surface area contributed by atoms with Gasteiger partial charge in [-0.2, -0.15) is 5.26 Å². The van der Waals surface area contributed by atoms with Crippen molar-refractivity contribution >= 4 is 11.8 Å². The molecule has 0 bridgehead atoms. The van der Waals surface area contributed by atoms with Crippen molar-refractivity contribution in [2.45, 2.75) is 6.04 Å². The van der Waals surface area contributed by atoms with E-state index in [1.165, 1.54) is 6.20 Å². The summed E-state index contributed by atoms with van der Waals surface area (Å²) in [5.74, 6) is 0.395. The minimum absolute atomic E-state index is 0.00775. The maximum Gasteiger partial charge on any atom is 0.320 e. The minimum Gasteiger partial charge on any atom is -0.335 e. The Kier molecular flexibility index (Phi) is 3.63. The molecule has 1 aromatic carbocycles. The van der Waals surface area contributed by atoms with E-state index in [1.807, 2.05) is 24.4 Å². The van der Waals surface area contributed by atoms with E-state index in [0.29, 0.717) is 17.9 Å². The predicted octanol–water partition coefficient (Wildman–Crippen LogP) is 2.54. The zero-order valence-electron chi connectivity index (χ0n) is 13.2. The number of carbonyl (C=O) groups is 1. The van der Waals surface area contributed by atoms with Crippen molar-refractivity contribution in [2.75, 3.05) is 11.9 Å². The molecule has 1 atom stereocenters. The third-order valence-electron chi connectivity index (χ3n) is 4.19. The Balaban J connectivity index is 1.45. The second kappa shape index (κ2) is 6.09. The lowest BCUT2D eigenvalue weighted by atomic mass is 10.0. The molecule has 3 heterocycles. The molecule has 4 rings (SSSR count). The van der Waals surface area contributed by atoms with Gasteiger partial charge in [0.2, 0.25) is 0 Å². The largest absolute Gasteiger partial charge is 0.335 e. The van der Waals surface area contributed by atoms with Gasteiger partial charge in [0.25, 0.3) is 0 Å². The van der Waals surface area contributed by atoms with Crippen LogP contribution in [0.25, 0.3) is 11.3 Å². The van der Waals surface area contributed by atoms with E-state index in [2.05, 4.69) is 37.3 Å². The van der Waals surface area contributed by atoms with E-state index in [9.17, 15) is 4.79 Å². The molecule has 1 aliphatic rings. The molecule has 122 valence electrons. The predicted molar refractivity (Wildman–Crippen MR) is 91.8 cm³/mol. The SMILES string of the molecule is N#Cc1ccc(NC(=O)NCC2c3ccccc3-c3cncn32)nc1. The zero-order valence-corrected chi connectivity index (χ0v) is 13.2. The van der Waals surface area contributed by atoms with Gasteiger partial charge in [-0.3, -0.25) is 5.32 Å². The number of carbonyl (C=O) groups excluding carboxylic acids is 1. The van der Waals surface area contributed by atoms with Crippen molar-refractivity contribution in [3.63, 3.8) is 0 Å². The molecule has 1 aliphatic heterocycles. The third kappa shape index (κ3) is 2.70. The molecule has 0 saturated carbocycles. The zero-order chi connectivity index (χ0) is 17.2. The number of nitrogens with zero attached hydrogens (tertiary/aromatic N) is 4. The number of nitriles is 1. The van der Waals surface area contributed by atoms with Gasteiger partial charge >= 0.3 is 6.03 Å². The van der Waals surface area contributed by atoms with Crippen LogP contribution >= 0.6 is 0 Å². The Hall–Kier alpha value is -3.66. The van der Waals surface area contributed by atoms with Crippen molar-refractivity contribution in [1.82, 2.24) is 19.9 Å². The summed E-state index contributed by atoms with van der Waals surface area (Å²) in [7, 11) is 0. The molecule has 7 nitrogen and oxygen atoms in total. The molecule has 0 spiro atoms. The number of fused-ring (bicyclic) bond motifs is 3. The van der Waals surface area contributed by atoms with Gasteiger partial charge in [-0.15, -0.1) is 0 Å². The van der Waals surface area contributed by atoms with Crippen molar-refractivity contribution < 1.29 is 4.79 Å². The number of rotatable bonds is 3. The van der Waals surface area contributed by atoms with Gasteiger partial charge in [0, 0.05) is 18.3 Å². The summed E-state index contributed by atoms with van der Waals surface area (Å²) in [4.78, 5) is 20.4. The van der Waals surface area contributed by atoms with Crippen LogP contribution in [-0.2, 0) is 0 Å². The molecule has 2 N–H and O–H groups in total. The Labute approximate surface area is 144 Å². The van der Waals surface area contributed by atoms with Gasteiger partial charge in [0.15, 0.2) is 0 Å². The first-order chi connectivity index (χ1) is 12.3. The molecule has 0 fully saturated rings. The van der Waals surface area contributed by atoms with Crippen molar-refractivity contribution in [3.8, 4) is 17.3 Å². The van der Waals surface area contributed by atoms with Crippen molar-refractivity contribution in [3.05, 3.63) is 66.2 Å². The van der Waals surface area contributed by atoms with E-state index in [0.717, 1.165) is 16.8 Å². The van der Waals surface area contributed by atoms with Gasteiger partial charge in [-0.25, -0.2) is 14.8 Å². The molecule has 2 amide bonds. The van der Waals surface area contributed by atoms with E-state index >= 15 is 0 Å². The topological polar surface area (TPSA) is 95.6 Å². The van der Waals surface area contributed by atoms with Gasteiger partial charge in [-0.05, 0) is 17.7 Å². The molecule has 2 aromatic heterocycles. The number of hydrogen-bond donors (Lipinski definition) is 2. The van der Waals surface area contributed by atoms with Crippen LogP contribution in [0, 0.1) is 11.3 Å². The van der Waals surface area contributed by atoms with Crippen LogP contribution in [0.3, 0.4) is 0 Å². The van der Waals surface area contributed by atoms with Crippen molar-refractivity contribution in [2.24, 2.45) is 0 Å². The molecule has 0 saturated heterocycles. The number of nitrogens with one attached hydrogen (secondary N) is 2. The molecule has 0 aliphatic carbocycles. The monoisotopic (exact) mass is 330 g/mol. The first-order valence-corrected chi connectivity index (χ1v) is 7.78. The van der Waals surface area contributed by atoms with Crippen LogP contribution in [0.4, 0.5) is 10.6 Å². The van der Waals surface area contributed by atoms with E-state index < -0.39 is 0 Å². The Morgan fingerprint density at radius 2 is 2.12 bits per heavy atom. The summed E-state index contributed by atoms with van der Waals surface area (Å²) < 4.78 is 2.06. The standard InChI is InChI=1S/C18H14N6O/c19-7-12-5-6-17(21-8-12)23-18(25)22-10-16-14-4-2-1-3-13(14)15-9-20-11-24(15)16/h1-6,8-9,11,16H,10H2,(H2,21,22,23,25).